The van der Waals surface area contributed by atoms with Gasteiger partial charge in [-0.05, 0) is 27.2 Å². The number of hydrogen-bond donors (Lipinski definition) is 1. The van der Waals surface area contributed by atoms with E-state index in [1.54, 1.807) is 6.92 Å². The van der Waals surface area contributed by atoms with Gasteiger partial charge in [-0.25, -0.2) is 0 Å². The van der Waals surface area contributed by atoms with E-state index >= 15 is 0 Å². The summed E-state index contributed by atoms with van der Waals surface area (Å²) >= 11 is 0. The number of hydrogen-bond acceptors (Lipinski definition) is 3. The second-order valence-corrected chi connectivity index (χ2v) is 3.71. The smallest absolute Gasteiger partial charge is 0.203 e. The highest BCUT2D eigenvalue weighted by Gasteiger charge is 2.33. The molecule has 0 aromatic rings. The lowest BCUT2D eigenvalue weighted by molar-refractivity contribution is -0.256. The van der Waals surface area contributed by atoms with Crippen LogP contribution in [-0.2, 0) is 9.47 Å². The van der Waals surface area contributed by atoms with Crippen LogP contribution in [0.4, 0.5) is 0 Å². The Labute approximate surface area is 99.1 Å². The molecule has 0 amide bonds. The van der Waals surface area contributed by atoms with E-state index in [4.69, 9.17) is 9.47 Å². The van der Waals surface area contributed by atoms with Gasteiger partial charge in [0.1, 0.15) is 0 Å². The third-order valence-corrected chi connectivity index (χ3v) is 2.25. The highest BCUT2D eigenvalue weighted by atomic mass is 16.7. The quantitative estimate of drug-likeness (QED) is 0.413. The fourth-order valence-corrected chi connectivity index (χ4v) is 1.34. The van der Waals surface area contributed by atoms with Crippen molar-refractivity contribution in [3.63, 3.8) is 0 Å². The zero-order valence-electron chi connectivity index (χ0n) is 10.9. The largest absolute Gasteiger partial charge is 0.375 e. The van der Waals surface area contributed by atoms with Crippen molar-refractivity contribution in [2.45, 2.75) is 58.8 Å². The molecule has 1 unspecified atom stereocenters. The molecule has 0 heterocycles. The van der Waals surface area contributed by atoms with E-state index in [2.05, 4.69) is 18.8 Å². The van der Waals surface area contributed by atoms with Crippen LogP contribution in [0.25, 0.3) is 0 Å². The lowest BCUT2D eigenvalue weighted by atomic mass is 10.1. The van der Waals surface area contributed by atoms with Crippen LogP contribution in [0.2, 0.25) is 0 Å². The Bertz CT molecular complexity index is 221. The van der Waals surface area contributed by atoms with Crippen molar-refractivity contribution in [3.05, 3.63) is 0 Å². The standard InChI is InChI=1S/C13H24O3/c1-5-8-9-10-11-12(14)13(4,15-6-2)16-7-3/h12,14H,5-9H2,1-4H3. The van der Waals surface area contributed by atoms with E-state index in [1.165, 1.54) is 0 Å². The van der Waals surface area contributed by atoms with Gasteiger partial charge in [0.05, 0.1) is 0 Å². The molecule has 0 radical (unpaired) electrons. The van der Waals surface area contributed by atoms with Crippen LogP contribution >= 0.6 is 0 Å². The van der Waals surface area contributed by atoms with Crippen molar-refractivity contribution >= 4 is 0 Å². The molecule has 0 aromatic carbocycles. The van der Waals surface area contributed by atoms with Crippen LogP contribution in [0.5, 0.6) is 0 Å². The average Bonchev–Trinajstić information content (AvgIpc) is 2.24. The zero-order valence-corrected chi connectivity index (χ0v) is 10.9. The van der Waals surface area contributed by atoms with Gasteiger partial charge in [0.25, 0.3) is 0 Å². The summed E-state index contributed by atoms with van der Waals surface area (Å²) in [5, 5.41) is 9.91. The minimum atomic E-state index is -1.01. The molecule has 0 saturated carbocycles. The SMILES string of the molecule is CCCCC#CC(O)C(C)(OCC)OCC. The van der Waals surface area contributed by atoms with E-state index < -0.39 is 11.9 Å². The zero-order chi connectivity index (χ0) is 12.4. The maximum absolute atomic E-state index is 9.91. The molecule has 16 heavy (non-hydrogen) atoms. The first kappa shape index (κ1) is 15.4. The molecule has 94 valence electrons. The maximum Gasteiger partial charge on any atom is 0.203 e. The van der Waals surface area contributed by atoms with Crippen molar-refractivity contribution < 1.29 is 14.6 Å². The molecule has 3 nitrogen and oxygen atoms in total. The summed E-state index contributed by atoms with van der Waals surface area (Å²) in [7, 11) is 0. The molecule has 0 aliphatic heterocycles. The molecule has 0 aliphatic rings. The van der Waals surface area contributed by atoms with Crippen LogP contribution < -0.4 is 0 Å². The monoisotopic (exact) mass is 228 g/mol. The summed E-state index contributed by atoms with van der Waals surface area (Å²) in [6.07, 6.45) is 2.07. The minimum absolute atomic E-state index is 0.490. The third-order valence-electron chi connectivity index (χ3n) is 2.25. The normalized spacial score (nSPS) is 13.1. The molecule has 0 rings (SSSR count). The second-order valence-electron chi connectivity index (χ2n) is 3.71. The van der Waals surface area contributed by atoms with Gasteiger partial charge < -0.3 is 14.6 Å². The fourth-order valence-electron chi connectivity index (χ4n) is 1.34. The number of aliphatic hydroxyl groups is 1. The van der Waals surface area contributed by atoms with Gasteiger partial charge in [-0.15, -0.1) is 5.92 Å². The van der Waals surface area contributed by atoms with Gasteiger partial charge in [-0.2, -0.15) is 0 Å². The molecule has 0 aromatic heterocycles. The third kappa shape index (κ3) is 5.50. The Balaban J connectivity index is 4.34. The molecule has 0 bridgehead atoms. The van der Waals surface area contributed by atoms with E-state index in [1.807, 2.05) is 13.8 Å². The topological polar surface area (TPSA) is 38.7 Å². The van der Waals surface area contributed by atoms with E-state index in [0.717, 1.165) is 19.3 Å². The van der Waals surface area contributed by atoms with Gasteiger partial charge in [-0.3, -0.25) is 0 Å². The molecule has 1 N–H and O–H groups in total. The predicted molar refractivity (Wildman–Crippen MR) is 65.0 cm³/mol. The number of rotatable bonds is 7. The first-order chi connectivity index (χ1) is 7.60. The van der Waals surface area contributed by atoms with Gasteiger partial charge in [-0.1, -0.05) is 19.3 Å². The van der Waals surface area contributed by atoms with E-state index in [0.29, 0.717) is 13.2 Å². The Morgan fingerprint density at radius 2 is 1.75 bits per heavy atom. The Morgan fingerprint density at radius 1 is 1.19 bits per heavy atom. The van der Waals surface area contributed by atoms with Crippen LogP contribution in [0, 0.1) is 11.8 Å². The van der Waals surface area contributed by atoms with Crippen LogP contribution in [-0.4, -0.2) is 30.2 Å². The molecule has 0 aliphatic carbocycles. The first-order valence-corrected chi connectivity index (χ1v) is 6.05. The van der Waals surface area contributed by atoms with Crippen molar-refractivity contribution in [2.24, 2.45) is 0 Å². The number of ether oxygens (including phenoxy) is 2. The lowest BCUT2D eigenvalue weighted by Crippen LogP contribution is -2.44. The predicted octanol–water partition coefficient (Wildman–Crippen LogP) is 2.33. The molecular formula is C13H24O3. The summed E-state index contributed by atoms with van der Waals surface area (Å²) in [6.45, 7) is 8.55. The van der Waals surface area contributed by atoms with Crippen LogP contribution in [0.15, 0.2) is 0 Å². The summed E-state index contributed by atoms with van der Waals surface area (Å²) < 4.78 is 10.8. The summed E-state index contributed by atoms with van der Waals surface area (Å²) in [4.78, 5) is 0. The van der Waals surface area contributed by atoms with Gasteiger partial charge in [0, 0.05) is 19.6 Å². The average molecular weight is 228 g/mol. The lowest BCUT2D eigenvalue weighted by Gasteiger charge is -2.31. The fraction of sp³-hybridized carbons (Fsp3) is 0.846. The highest BCUT2D eigenvalue weighted by molar-refractivity contribution is 5.08. The Morgan fingerprint density at radius 3 is 2.19 bits per heavy atom. The molecule has 3 heteroatoms. The van der Waals surface area contributed by atoms with Crippen molar-refractivity contribution in [1.29, 1.82) is 0 Å². The summed E-state index contributed by atoms with van der Waals surface area (Å²) in [5.41, 5.74) is 0. The summed E-state index contributed by atoms with van der Waals surface area (Å²) in [6, 6.07) is 0. The number of unbranched alkanes of at least 4 members (excludes halogenated alkanes) is 2. The van der Waals surface area contributed by atoms with E-state index in [-0.39, 0.29) is 0 Å². The Kier molecular flexibility index (Phi) is 8.28. The van der Waals surface area contributed by atoms with Crippen LogP contribution in [0.3, 0.4) is 0 Å². The van der Waals surface area contributed by atoms with E-state index in [9.17, 15) is 5.11 Å². The minimum Gasteiger partial charge on any atom is -0.375 e. The molecule has 0 saturated heterocycles. The van der Waals surface area contributed by atoms with Crippen molar-refractivity contribution in [2.75, 3.05) is 13.2 Å². The van der Waals surface area contributed by atoms with Gasteiger partial charge in [0.15, 0.2) is 6.10 Å². The second kappa shape index (κ2) is 8.58. The molecule has 0 spiro atoms. The first-order valence-electron chi connectivity index (χ1n) is 6.05. The molecular weight excluding hydrogens is 204 g/mol. The van der Waals surface area contributed by atoms with Gasteiger partial charge in [0.2, 0.25) is 5.79 Å². The van der Waals surface area contributed by atoms with Crippen LogP contribution in [0.1, 0.15) is 47.0 Å². The number of aliphatic hydroxyl groups excluding tert-OH is 1. The summed E-state index contributed by atoms with van der Waals surface area (Å²) in [5.74, 6) is 4.72. The maximum atomic E-state index is 9.91. The Hall–Kier alpha value is -0.560. The molecule has 1 atom stereocenters. The van der Waals surface area contributed by atoms with Crippen molar-refractivity contribution in [3.8, 4) is 11.8 Å². The van der Waals surface area contributed by atoms with Crippen molar-refractivity contribution in [1.82, 2.24) is 0 Å². The highest BCUT2D eigenvalue weighted by Crippen LogP contribution is 2.17. The molecule has 0 fully saturated rings. The van der Waals surface area contributed by atoms with Gasteiger partial charge >= 0.3 is 0 Å².